The fourth-order valence-electron chi connectivity index (χ4n) is 1.72. The third kappa shape index (κ3) is 4.20. The molecule has 4 nitrogen and oxygen atoms in total. The average molecular weight is 253 g/mol. The van der Waals surface area contributed by atoms with Crippen LogP contribution < -0.4 is 15.2 Å². The van der Waals surface area contributed by atoms with E-state index in [4.69, 9.17) is 15.2 Å². The normalized spacial score (nSPS) is 14.1. The number of methoxy groups -OCH3 is 1. The molecule has 2 atom stereocenters. The van der Waals surface area contributed by atoms with Gasteiger partial charge in [-0.05, 0) is 44.4 Å². The van der Waals surface area contributed by atoms with Crippen LogP contribution in [0.1, 0.15) is 25.8 Å². The Morgan fingerprint density at radius 2 is 2.06 bits per heavy atom. The topological polar surface area (TPSA) is 64.7 Å². The molecule has 1 aromatic rings. The van der Waals surface area contributed by atoms with Crippen molar-refractivity contribution in [3.05, 3.63) is 23.8 Å². The zero-order valence-electron chi connectivity index (χ0n) is 11.3. The van der Waals surface area contributed by atoms with Crippen molar-refractivity contribution in [1.29, 1.82) is 0 Å². The number of ether oxygens (including phenoxy) is 2. The quantitative estimate of drug-likeness (QED) is 0.777. The molecule has 0 spiro atoms. The molecule has 0 aliphatic heterocycles. The van der Waals surface area contributed by atoms with Gasteiger partial charge in [-0.1, -0.05) is 6.07 Å². The molecule has 4 heteroatoms. The zero-order chi connectivity index (χ0) is 13.5. The van der Waals surface area contributed by atoms with E-state index in [1.54, 1.807) is 7.11 Å². The van der Waals surface area contributed by atoms with Gasteiger partial charge in [-0.15, -0.1) is 0 Å². The number of aryl methyl sites for hydroxylation is 1. The zero-order valence-corrected chi connectivity index (χ0v) is 11.3. The Bertz CT molecular complexity index is 366. The molecule has 0 amide bonds. The largest absolute Gasteiger partial charge is 0.493 e. The van der Waals surface area contributed by atoms with Gasteiger partial charge in [-0.3, -0.25) is 0 Å². The Morgan fingerprint density at radius 1 is 1.33 bits per heavy atom. The van der Waals surface area contributed by atoms with Crippen LogP contribution in [0.3, 0.4) is 0 Å². The van der Waals surface area contributed by atoms with Crippen LogP contribution in [0.5, 0.6) is 11.5 Å². The van der Waals surface area contributed by atoms with Crippen molar-refractivity contribution in [1.82, 2.24) is 0 Å². The van der Waals surface area contributed by atoms with E-state index >= 15 is 0 Å². The van der Waals surface area contributed by atoms with Crippen molar-refractivity contribution in [2.24, 2.45) is 5.73 Å². The van der Waals surface area contributed by atoms with Crippen molar-refractivity contribution in [2.75, 3.05) is 13.7 Å². The number of rotatable bonds is 7. The van der Waals surface area contributed by atoms with Crippen LogP contribution >= 0.6 is 0 Å². The molecule has 1 rings (SSSR count). The predicted octanol–water partition coefficient (Wildman–Crippen LogP) is 1.73. The lowest BCUT2D eigenvalue weighted by Crippen LogP contribution is -2.31. The summed E-state index contributed by atoms with van der Waals surface area (Å²) in [6, 6.07) is 5.63. The van der Waals surface area contributed by atoms with Crippen molar-refractivity contribution in [3.8, 4) is 11.5 Å². The first-order valence-corrected chi connectivity index (χ1v) is 6.31. The molecule has 1 aromatic carbocycles. The molecule has 0 aliphatic carbocycles. The summed E-state index contributed by atoms with van der Waals surface area (Å²) < 4.78 is 10.7. The van der Waals surface area contributed by atoms with Gasteiger partial charge in [0.25, 0.3) is 0 Å². The Morgan fingerprint density at radius 3 is 2.61 bits per heavy atom. The summed E-state index contributed by atoms with van der Waals surface area (Å²) in [6.45, 7) is 4.36. The summed E-state index contributed by atoms with van der Waals surface area (Å²) in [5.41, 5.74) is 6.73. The van der Waals surface area contributed by atoms with Gasteiger partial charge in [-0.2, -0.15) is 0 Å². The van der Waals surface area contributed by atoms with Crippen LogP contribution in [0.15, 0.2) is 18.2 Å². The second kappa shape index (κ2) is 7.24. The minimum Gasteiger partial charge on any atom is -0.493 e. The van der Waals surface area contributed by atoms with Gasteiger partial charge in [0.2, 0.25) is 0 Å². The van der Waals surface area contributed by atoms with Gasteiger partial charge >= 0.3 is 0 Å². The van der Waals surface area contributed by atoms with Gasteiger partial charge in [-0.25, -0.2) is 0 Å². The third-order valence-electron chi connectivity index (χ3n) is 2.86. The number of nitrogens with two attached hydrogens (primary N) is 1. The van der Waals surface area contributed by atoms with E-state index in [1.807, 2.05) is 32.0 Å². The fraction of sp³-hybridized carbons (Fsp3) is 0.571. The maximum absolute atomic E-state index is 9.67. The molecule has 2 unspecified atom stereocenters. The predicted molar refractivity (Wildman–Crippen MR) is 72.1 cm³/mol. The van der Waals surface area contributed by atoms with Gasteiger partial charge in [0, 0.05) is 6.04 Å². The summed E-state index contributed by atoms with van der Waals surface area (Å²) in [5, 5.41) is 9.67. The minimum atomic E-state index is -0.470. The molecule has 0 saturated carbocycles. The highest BCUT2D eigenvalue weighted by Gasteiger charge is 2.11. The molecule has 0 aliphatic rings. The number of benzene rings is 1. The van der Waals surface area contributed by atoms with Crippen LogP contribution in [-0.2, 0) is 6.42 Å². The highest BCUT2D eigenvalue weighted by atomic mass is 16.5. The van der Waals surface area contributed by atoms with Crippen molar-refractivity contribution in [3.63, 3.8) is 0 Å². The summed E-state index contributed by atoms with van der Waals surface area (Å²) >= 11 is 0. The summed E-state index contributed by atoms with van der Waals surface area (Å²) in [5.74, 6) is 1.47. The number of hydrogen-bond acceptors (Lipinski definition) is 4. The van der Waals surface area contributed by atoms with Gasteiger partial charge in [0.15, 0.2) is 11.5 Å². The first-order valence-electron chi connectivity index (χ1n) is 6.31. The maximum atomic E-state index is 9.67. The molecular formula is C14H23NO3. The van der Waals surface area contributed by atoms with Crippen LogP contribution in [0, 0.1) is 0 Å². The first-order chi connectivity index (χ1) is 8.58. The van der Waals surface area contributed by atoms with E-state index < -0.39 is 6.10 Å². The SMILES string of the molecule is CCOc1ccc(CCC(O)C(C)N)cc1OC. The fourth-order valence-corrected chi connectivity index (χ4v) is 1.72. The van der Waals surface area contributed by atoms with Crippen LogP contribution in [0.2, 0.25) is 0 Å². The summed E-state index contributed by atoms with van der Waals surface area (Å²) in [6.07, 6.45) is 0.947. The van der Waals surface area contributed by atoms with Crippen LogP contribution in [0.25, 0.3) is 0 Å². The average Bonchev–Trinajstić information content (AvgIpc) is 2.37. The lowest BCUT2D eigenvalue weighted by molar-refractivity contribution is 0.141. The Kier molecular flexibility index (Phi) is 5.95. The molecule has 0 radical (unpaired) electrons. The smallest absolute Gasteiger partial charge is 0.161 e. The lowest BCUT2D eigenvalue weighted by Gasteiger charge is -2.15. The number of hydrogen-bond donors (Lipinski definition) is 2. The van der Waals surface area contributed by atoms with Crippen LogP contribution in [-0.4, -0.2) is 31.0 Å². The molecule has 102 valence electrons. The molecule has 0 saturated heterocycles. The Labute approximate surface area is 109 Å². The van der Waals surface area contributed by atoms with E-state index in [9.17, 15) is 5.11 Å². The summed E-state index contributed by atoms with van der Waals surface area (Å²) in [4.78, 5) is 0. The van der Waals surface area contributed by atoms with Crippen molar-refractivity contribution in [2.45, 2.75) is 38.8 Å². The molecule has 0 fully saturated rings. The monoisotopic (exact) mass is 253 g/mol. The Hall–Kier alpha value is -1.26. The van der Waals surface area contributed by atoms with E-state index in [1.165, 1.54) is 0 Å². The second-order valence-corrected chi connectivity index (χ2v) is 4.38. The molecule has 0 bridgehead atoms. The van der Waals surface area contributed by atoms with Gasteiger partial charge < -0.3 is 20.3 Å². The maximum Gasteiger partial charge on any atom is 0.161 e. The third-order valence-corrected chi connectivity index (χ3v) is 2.86. The summed E-state index contributed by atoms with van der Waals surface area (Å²) in [7, 11) is 1.62. The molecular weight excluding hydrogens is 230 g/mol. The van der Waals surface area contributed by atoms with Crippen molar-refractivity contribution >= 4 is 0 Å². The van der Waals surface area contributed by atoms with E-state index in [-0.39, 0.29) is 6.04 Å². The highest BCUT2D eigenvalue weighted by molar-refractivity contribution is 5.43. The minimum absolute atomic E-state index is 0.199. The van der Waals surface area contributed by atoms with Gasteiger partial charge in [0.1, 0.15) is 0 Å². The first kappa shape index (κ1) is 14.8. The van der Waals surface area contributed by atoms with E-state index in [0.717, 1.165) is 23.5 Å². The molecule has 0 aromatic heterocycles. The standard InChI is InChI=1S/C14H23NO3/c1-4-18-13-8-6-11(9-14(13)17-3)5-7-12(16)10(2)15/h6,8-10,12,16H,4-5,7,15H2,1-3H3. The van der Waals surface area contributed by atoms with E-state index in [0.29, 0.717) is 13.0 Å². The second-order valence-electron chi connectivity index (χ2n) is 4.38. The highest BCUT2D eigenvalue weighted by Crippen LogP contribution is 2.28. The molecule has 3 N–H and O–H groups in total. The number of aliphatic hydroxyl groups is 1. The van der Waals surface area contributed by atoms with Gasteiger partial charge in [0.05, 0.1) is 19.8 Å². The molecule has 18 heavy (non-hydrogen) atoms. The van der Waals surface area contributed by atoms with Crippen LogP contribution in [0.4, 0.5) is 0 Å². The lowest BCUT2D eigenvalue weighted by atomic mass is 10.0. The molecule has 0 heterocycles. The number of aliphatic hydroxyl groups excluding tert-OH is 1. The Balaban J connectivity index is 2.67. The van der Waals surface area contributed by atoms with E-state index in [2.05, 4.69) is 0 Å². The van der Waals surface area contributed by atoms with Crippen molar-refractivity contribution < 1.29 is 14.6 Å².